The van der Waals surface area contributed by atoms with Gasteiger partial charge in [-0.3, -0.25) is 4.68 Å². The van der Waals surface area contributed by atoms with E-state index in [2.05, 4.69) is 10.1 Å². The molecule has 0 saturated heterocycles. The second kappa shape index (κ2) is 5.24. The standard InChI is InChI=1S/C15H13N3O3/c1-18-9-10(8-16-18)7-13-15(19)21-14(17-13)11-3-5-12(20-2)6-4-11/h3-9H,1-2H3. The van der Waals surface area contributed by atoms with Crippen LogP contribution in [0, 0.1) is 0 Å². The summed E-state index contributed by atoms with van der Waals surface area (Å²) in [5.41, 5.74) is 1.77. The molecule has 0 bridgehead atoms. The van der Waals surface area contributed by atoms with E-state index < -0.39 is 5.97 Å². The molecule has 0 fully saturated rings. The molecule has 6 nitrogen and oxygen atoms in total. The molecule has 1 aromatic carbocycles. The highest BCUT2D eigenvalue weighted by Crippen LogP contribution is 2.20. The maximum atomic E-state index is 11.8. The summed E-state index contributed by atoms with van der Waals surface area (Å²) in [6.45, 7) is 0. The van der Waals surface area contributed by atoms with Crippen molar-refractivity contribution in [1.82, 2.24) is 9.78 Å². The Morgan fingerprint density at radius 2 is 2.05 bits per heavy atom. The highest BCUT2D eigenvalue weighted by atomic mass is 16.6. The number of rotatable bonds is 3. The molecular weight excluding hydrogens is 270 g/mol. The molecule has 1 aliphatic heterocycles. The Kier molecular flexibility index (Phi) is 3.27. The molecule has 0 N–H and O–H groups in total. The maximum absolute atomic E-state index is 11.8. The molecule has 2 heterocycles. The van der Waals surface area contributed by atoms with E-state index in [1.165, 1.54) is 0 Å². The molecule has 3 rings (SSSR count). The third kappa shape index (κ3) is 2.69. The van der Waals surface area contributed by atoms with Gasteiger partial charge in [-0.1, -0.05) is 0 Å². The normalized spacial score (nSPS) is 16.0. The van der Waals surface area contributed by atoms with E-state index in [1.807, 2.05) is 0 Å². The van der Waals surface area contributed by atoms with Gasteiger partial charge in [-0.2, -0.15) is 5.10 Å². The van der Waals surface area contributed by atoms with Crippen LogP contribution in [0.25, 0.3) is 6.08 Å². The zero-order valence-electron chi connectivity index (χ0n) is 11.6. The molecule has 0 atom stereocenters. The molecule has 0 unspecified atom stereocenters. The van der Waals surface area contributed by atoms with Crippen LogP contribution in [0.5, 0.6) is 5.75 Å². The Bertz CT molecular complexity index is 742. The average molecular weight is 283 g/mol. The summed E-state index contributed by atoms with van der Waals surface area (Å²) in [4.78, 5) is 16.1. The molecule has 2 aromatic rings. The summed E-state index contributed by atoms with van der Waals surface area (Å²) in [6, 6.07) is 7.15. The number of aromatic nitrogens is 2. The van der Waals surface area contributed by atoms with Crippen LogP contribution in [0.1, 0.15) is 11.1 Å². The number of carbonyl (C=O) groups excluding carboxylic acids is 1. The van der Waals surface area contributed by atoms with Crippen LogP contribution in [0.3, 0.4) is 0 Å². The van der Waals surface area contributed by atoms with Gasteiger partial charge >= 0.3 is 5.97 Å². The van der Waals surface area contributed by atoms with Gasteiger partial charge in [-0.05, 0) is 30.3 Å². The topological polar surface area (TPSA) is 65.7 Å². The van der Waals surface area contributed by atoms with Gasteiger partial charge in [0.05, 0.1) is 13.3 Å². The second-order valence-corrected chi connectivity index (χ2v) is 4.51. The van der Waals surface area contributed by atoms with Crippen LogP contribution < -0.4 is 4.74 Å². The third-order valence-corrected chi connectivity index (χ3v) is 2.99. The van der Waals surface area contributed by atoms with Crippen molar-refractivity contribution in [2.75, 3.05) is 7.11 Å². The summed E-state index contributed by atoms with van der Waals surface area (Å²) in [5.74, 6) is 0.553. The number of hydrogen-bond donors (Lipinski definition) is 0. The Morgan fingerprint density at radius 1 is 1.29 bits per heavy atom. The highest BCUT2D eigenvalue weighted by Gasteiger charge is 2.24. The molecule has 21 heavy (non-hydrogen) atoms. The Morgan fingerprint density at radius 3 is 2.67 bits per heavy atom. The first-order valence-electron chi connectivity index (χ1n) is 6.31. The Hall–Kier alpha value is -2.89. The van der Waals surface area contributed by atoms with Crippen LogP contribution in [-0.2, 0) is 16.6 Å². The van der Waals surface area contributed by atoms with Crippen molar-refractivity contribution < 1.29 is 14.3 Å². The Balaban J connectivity index is 1.89. The summed E-state index contributed by atoms with van der Waals surface area (Å²) >= 11 is 0. The third-order valence-electron chi connectivity index (χ3n) is 2.99. The Labute approximate surface area is 121 Å². The predicted molar refractivity (Wildman–Crippen MR) is 76.8 cm³/mol. The number of hydrogen-bond acceptors (Lipinski definition) is 5. The van der Waals surface area contributed by atoms with Crippen molar-refractivity contribution >= 4 is 17.9 Å². The van der Waals surface area contributed by atoms with Crippen molar-refractivity contribution in [3.63, 3.8) is 0 Å². The first-order chi connectivity index (χ1) is 10.2. The molecule has 106 valence electrons. The molecule has 0 aliphatic carbocycles. The SMILES string of the molecule is COc1ccc(C2=NC(=Cc3cnn(C)c3)C(=O)O2)cc1. The van der Waals surface area contributed by atoms with Crippen molar-refractivity contribution in [3.8, 4) is 5.75 Å². The van der Waals surface area contributed by atoms with Gasteiger partial charge in [0.2, 0.25) is 5.90 Å². The number of carbonyl (C=O) groups is 1. The molecule has 6 heteroatoms. The van der Waals surface area contributed by atoms with Gasteiger partial charge < -0.3 is 9.47 Å². The minimum atomic E-state index is -0.468. The number of nitrogens with zero attached hydrogens (tertiary/aromatic N) is 3. The smallest absolute Gasteiger partial charge is 0.363 e. The lowest BCUT2D eigenvalue weighted by atomic mass is 10.2. The van der Waals surface area contributed by atoms with E-state index >= 15 is 0 Å². The average Bonchev–Trinajstić information content (AvgIpc) is 3.06. The number of methoxy groups -OCH3 is 1. The van der Waals surface area contributed by atoms with Crippen LogP contribution in [0.15, 0.2) is 47.3 Å². The largest absolute Gasteiger partial charge is 0.497 e. The van der Waals surface area contributed by atoms with Gasteiger partial charge in [-0.15, -0.1) is 0 Å². The highest BCUT2D eigenvalue weighted by molar-refractivity contribution is 6.12. The monoisotopic (exact) mass is 283 g/mol. The number of esters is 1. The van der Waals surface area contributed by atoms with E-state index in [-0.39, 0.29) is 11.6 Å². The van der Waals surface area contributed by atoms with Gasteiger partial charge in [0.25, 0.3) is 0 Å². The second-order valence-electron chi connectivity index (χ2n) is 4.51. The van der Waals surface area contributed by atoms with Gasteiger partial charge in [0, 0.05) is 24.4 Å². The van der Waals surface area contributed by atoms with E-state index in [1.54, 1.807) is 61.6 Å². The fourth-order valence-electron chi connectivity index (χ4n) is 1.94. The van der Waals surface area contributed by atoms with Crippen molar-refractivity contribution in [2.45, 2.75) is 0 Å². The fourth-order valence-corrected chi connectivity index (χ4v) is 1.94. The number of aryl methyl sites for hydroxylation is 1. The quantitative estimate of drug-likeness (QED) is 0.636. The molecule has 0 amide bonds. The molecule has 0 spiro atoms. The van der Waals surface area contributed by atoms with Crippen LogP contribution in [-0.4, -0.2) is 28.8 Å². The summed E-state index contributed by atoms with van der Waals surface area (Å²) in [5, 5.41) is 4.04. The first-order valence-corrected chi connectivity index (χ1v) is 6.31. The van der Waals surface area contributed by atoms with E-state index in [0.29, 0.717) is 0 Å². The first kappa shape index (κ1) is 13.1. The molecule has 0 saturated carbocycles. The molecular formula is C15H13N3O3. The zero-order valence-corrected chi connectivity index (χ0v) is 11.6. The molecule has 0 radical (unpaired) electrons. The minimum Gasteiger partial charge on any atom is -0.497 e. The summed E-state index contributed by atoms with van der Waals surface area (Å²) in [6.07, 6.45) is 5.09. The number of ether oxygens (including phenoxy) is 2. The minimum absolute atomic E-state index is 0.258. The van der Waals surface area contributed by atoms with Gasteiger partial charge in [-0.25, -0.2) is 9.79 Å². The number of benzene rings is 1. The van der Waals surface area contributed by atoms with Gasteiger partial charge in [0.15, 0.2) is 5.70 Å². The van der Waals surface area contributed by atoms with Gasteiger partial charge in [0.1, 0.15) is 5.75 Å². The molecule has 1 aromatic heterocycles. The van der Waals surface area contributed by atoms with E-state index in [9.17, 15) is 4.79 Å². The maximum Gasteiger partial charge on any atom is 0.363 e. The van der Waals surface area contributed by atoms with Crippen LogP contribution in [0.4, 0.5) is 0 Å². The van der Waals surface area contributed by atoms with Crippen LogP contribution in [0.2, 0.25) is 0 Å². The fraction of sp³-hybridized carbons (Fsp3) is 0.133. The van der Waals surface area contributed by atoms with Crippen molar-refractivity contribution in [1.29, 1.82) is 0 Å². The lowest BCUT2D eigenvalue weighted by molar-refractivity contribution is -0.129. The number of cyclic esters (lactones) is 1. The van der Waals surface area contributed by atoms with E-state index in [4.69, 9.17) is 9.47 Å². The predicted octanol–water partition coefficient (Wildman–Crippen LogP) is 1.77. The van der Waals surface area contributed by atoms with Crippen molar-refractivity contribution in [2.24, 2.45) is 12.0 Å². The zero-order chi connectivity index (χ0) is 14.8. The summed E-state index contributed by atoms with van der Waals surface area (Å²) < 4.78 is 11.9. The van der Waals surface area contributed by atoms with Crippen molar-refractivity contribution in [3.05, 3.63) is 53.5 Å². The van der Waals surface area contributed by atoms with E-state index in [0.717, 1.165) is 16.9 Å². The molecule has 1 aliphatic rings. The van der Waals surface area contributed by atoms with Crippen LogP contribution >= 0.6 is 0 Å². The lowest BCUT2D eigenvalue weighted by Gasteiger charge is -2.01. The lowest BCUT2D eigenvalue weighted by Crippen LogP contribution is -2.05. The number of aliphatic imine (C=N–C) groups is 1. The summed E-state index contributed by atoms with van der Waals surface area (Å²) in [7, 11) is 3.40.